The standard InChI is InChI=1S/C21H19BrN4O/c1-3-14-7-4-6-13(2)19(14)25-21-20(15-8-5-9-16(27)10-15)24-18-11-23-17(22)12-26(18)21/h4-12,25,27H,3H2,1-2H3. The lowest BCUT2D eigenvalue weighted by Gasteiger charge is -2.15. The Morgan fingerprint density at radius 2 is 2.00 bits per heavy atom. The third-order valence-corrected chi connectivity index (χ3v) is 4.99. The quantitative estimate of drug-likeness (QED) is 0.457. The highest BCUT2D eigenvalue weighted by Gasteiger charge is 2.17. The van der Waals surface area contributed by atoms with E-state index in [2.05, 4.69) is 58.3 Å². The van der Waals surface area contributed by atoms with Crippen LogP contribution in [0.15, 0.2) is 59.5 Å². The number of rotatable bonds is 4. The van der Waals surface area contributed by atoms with Gasteiger partial charge in [0.1, 0.15) is 21.9 Å². The minimum Gasteiger partial charge on any atom is -0.508 e. The van der Waals surface area contributed by atoms with Crippen molar-refractivity contribution in [2.75, 3.05) is 5.32 Å². The van der Waals surface area contributed by atoms with Gasteiger partial charge in [0.15, 0.2) is 5.65 Å². The summed E-state index contributed by atoms with van der Waals surface area (Å²) in [5, 5.41) is 13.5. The molecule has 0 aliphatic carbocycles. The molecule has 0 amide bonds. The van der Waals surface area contributed by atoms with E-state index in [4.69, 9.17) is 4.98 Å². The number of fused-ring (bicyclic) bond motifs is 1. The van der Waals surface area contributed by atoms with Crippen LogP contribution in [0.5, 0.6) is 5.75 Å². The molecule has 0 atom stereocenters. The van der Waals surface area contributed by atoms with Gasteiger partial charge in [0.25, 0.3) is 0 Å². The van der Waals surface area contributed by atoms with E-state index in [0.29, 0.717) is 0 Å². The molecule has 2 aromatic carbocycles. The Balaban J connectivity index is 1.96. The summed E-state index contributed by atoms with van der Waals surface area (Å²) in [6.45, 7) is 4.24. The molecule has 4 aromatic rings. The molecule has 6 heteroatoms. The number of nitrogens with one attached hydrogen (secondary N) is 1. The number of imidazole rings is 1. The molecule has 0 radical (unpaired) electrons. The average molecular weight is 423 g/mol. The largest absolute Gasteiger partial charge is 0.508 e. The molecule has 2 aromatic heterocycles. The van der Waals surface area contributed by atoms with Gasteiger partial charge in [-0.15, -0.1) is 0 Å². The SMILES string of the molecule is CCc1cccc(C)c1Nc1c(-c2cccc(O)c2)nc2cnc(Br)cn12. The third kappa shape index (κ3) is 3.28. The number of aromatic nitrogens is 3. The van der Waals surface area contributed by atoms with Crippen molar-refractivity contribution in [3.05, 3.63) is 70.6 Å². The van der Waals surface area contributed by atoms with Crippen molar-refractivity contribution < 1.29 is 5.11 Å². The van der Waals surface area contributed by atoms with Crippen LogP contribution in [0, 0.1) is 6.92 Å². The number of aromatic hydroxyl groups is 1. The maximum absolute atomic E-state index is 9.93. The van der Waals surface area contributed by atoms with Crippen LogP contribution >= 0.6 is 15.9 Å². The van der Waals surface area contributed by atoms with Gasteiger partial charge in [0.2, 0.25) is 0 Å². The Morgan fingerprint density at radius 3 is 2.78 bits per heavy atom. The second-order valence-corrected chi connectivity index (χ2v) is 7.20. The first kappa shape index (κ1) is 17.5. The first-order valence-corrected chi connectivity index (χ1v) is 9.54. The fourth-order valence-electron chi connectivity index (χ4n) is 3.23. The van der Waals surface area contributed by atoms with Crippen LogP contribution in [0.25, 0.3) is 16.9 Å². The summed E-state index contributed by atoms with van der Waals surface area (Å²) < 4.78 is 2.70. The van der Waals surface area contributed by atoms with E-state index in [-0.39, 0.29) is 5.75 Å². The van der Waals surface area contributed by atoms with Crippen molar-refractivity contribution in [3.8, 4) is 17.0 Å². The van der Waals surface area contributed by atoms with Gasteiger partial charge in [-0.3, -0.25) is 4.40 Å². The first-order chi connectivity index (χ1) is 13.1. The van der Waals surface area contributed by atoms with Crippen LogP contribution in [0.4, 0.5) is 11.5 Å². The maximum atomic E-state index is 9.93. The number of hydrogen-bond acceptors (Lipinski definition) is 4. The lowest BCUT2D eigenvalue weighted by Crippen LogP contribution is -2.02. The van der Waals surface area contributed by atoms with E-state index in [1.807, 2.05) is 22.7 Å². The molecule has 0 fully saturated rings. The van der Waals surface area contributed by atoms with E-state index >= 15 is 0 Å². The molecule has 5 nitrogen and oxygen atoms in total. The first-order valence-electron chi connectivity index (χ1n) is 8.75. The molecule has 0 unspecified atom stereocenters. The van der Waals surface area contributed by atoms with E-state index in [0.717, 1.165) is 39.4 Å². The summed E-state index contributed by atoms with van der Waals surface area (Å²) in [4.78, 5) is 9.04. The molecule has 136 valence electrons. The number of phenolic OH excluding ortho intramolecular Hbond substituents is 1. The summed E-state index contributed by atoms with van der Waals surface area (Å²) in [7, 11) is 0. The summed E-state index contributed by atoms with van der Waals surface area (Å²) >= 11 is 3.44. The van der Waals surface area contributed by atoms with Crippen molar-refractivity contribution in [2.24, 2.45) is 0 Å². The molecule has 2 N–H and O–H groups in total. The molecule has 0 bridgehead atoms. The predicted octanol–water partition coefficient (Wildman–Crippen LogP) is 5.48. The zero-order chi connectivity index (χ0) is 19.0. The van der Waals surface area contributed by atoms with Crippen LogP contribution < -0.4 is 5.32 Å². The van der Waals surface area contributed by atoms with Crippen molar-refractivity contribution in [1.29, 1.82) is 0 Å². The highest BCUT2D eigenvalue weighted by atomic mass is 79.9. The van der Waals surface area contributed by atoms with Gasteiger partial charge in [0.05, 0.1) is 6.20 Å². The number of anilines is 2. The van der Waals surface area contributed by atoms with Crippen molar-refractivity contribution >= 4 is 33.1 Å². The van der Waals surface area contributed by atoms with Crippen molar-refractivity contribution in [1.82, 2.24) is 14.4 Å². The van der Waals surface area contributed by atoms with Crippen molar-refractivity contribution in [2.45, 2.75) is 20.3 Å². The van der Waals surface area contributed by atoms with Crippen molar-refractivity contribution in [3.63, 3.8) is 0 Å². The van der Waals surface area contributed by atoms with E-state index in [1.54, 1.807) is 18.3 Å². The minimum atomic E-state index is 0.208. The summed E-state index contributed by atoms with van der Waals surface area (Å²) in [6.07, 6.45) is 4.54. The molecule has 27 heavy (non-hydrogen) atoms. The molecule has 0 saturated heterocycles. The highest BCUT2D eigenvalue weighted by Crippen LogP contribution is 2.34. The van der Waals surface area contributed by atoms with Gasteiger partial charge in [-0.2, -0.15) is 0 Å². The van der Waals surface area contributed by atoms with Crippen LogP contribution in [0.3, 0.4) is 0 Å². The third-order valence-electron chi connectivity index (χ3n) is 4.58. The number of para-hydroxylation sites is 1. The zero-order valence-electron chi connectivity index (χ0n) is 15.1. The minimum absolute atomic E-state index is 0.208. The Morgan fingerprint density at radius 1 is 1.19 bits per heavy atom. The topological polar surface area (TPSA) is 62.5 Å². The number of hydrogen-bond donors (Lipinski definition) is 2. The normalized spacial score (nSPS) is 11.1. The van der Waals surface area contributed by atoms with E-state index in [9.17, 15) is 5.11 Å². The fraction of sp³-hybridized carbons (Fsp3) is 0.143. The number of benzene rings is 2. The average Bonchev–Trinajstić information content (AvgIpc) is 3.01. The van der Waals surface area contributed by atoms with Gasteiger partial charge in [-0.05, 0) is 52.5 Å². The van der Waals surface area contributed by atoms with Gasteiger partial charge in [-0.1, -0.05) is 37.3 Å². The Labute approximate surface area is 165 Å². The predicted molar refractivity (Wildman–Crippen MR) is 112 cm³/mol. The zero-order valence-corrected chi connectivity index (χ0v) is 16.7. The molecule has 0 spiro atoms. The second-order valence-electron chi connectivity index (χ2n) is 6.39. The lowest BCUT2D eigenvalue weighted by molar-refractivity contribution is 0.475. The van der Waals surface area contributed by atoms with Crippen LogP contribution in [-0.2, 0) is 6.42 Å². The van der Waals surface area contributed by atoms with Crippen LogP contribution in [0.1, 0.15) is 18.1 Å². The Kier molecular flexibility index (Phi) is 4.58. The molecular weight excluding hydrogens is 404 g/mol. The smallest absolute Gasteiger partial charge is 0.157 e. The second kappa shape index (κ2) is 7.04. The number of phenols is 1. The molecular formula is C21H19BrN4O. The maximum Gasteiger partial charge on any atom is 0.157 e. The Hall–Kier alpha value is -2.86. The molecule has 0 aliphatic rings. The fourth-order valence-corrected chi connectivity index (χ4v) is 3.53. The summed E-state index contributed by atoms with van der Waals surface area (Å²) in [5.74, 6) is 1.04. The highest BCUT2D eigenvalue weighted by molar-refractivity contribution is 9.10. The molecule has 0 saturated carbocycles. The van der Waals surface area contributed by atoms with Gasteiger partial charge >= 0.3 is 0 Å². The lowest BCUT2D eigenvalue weighted by atomic mass is 10.1. The monoisotopic (exact) mass is 422 g/mol. The molecule has 4 rings (SSSR count). The molecule has 2 heterocycles. The van der Waals surface area contributed by atoms with E-state index in [1.165, 1.54) is 11.1 Å². The van der Waals surface area contributed by atoms with Crippen LogP contribution in [0.2, 0.25) is 0 Å². The number of nitrogens with zero attached hydrogens (tertiary/aromatic N) is 3. The number of aryl methyl sites for hydroxylation is 2. The number of halogens is 1. The van der Waals surface area contributed by atoms with Gasteiger partial charge in [0, 0.05) is 17.4 Å². The summed E-state index contributed by atoms with van der Waals surface area (Å²) in [5.41, 5.74) is 5.81. The summed E-state index contributed by atoms with van der Waals surface area (Å²) in [6, 6.07) is 13.4. The van der Waals surface area contributed by atoms with Crippen LogP contribution in [-0.4, -0.2) is 19.5 Å². The van der Waals surface area contributed by atoms with E-state index < -0.39 is 0 Å². The van der Waals surface area contributed by atoms with Gasteiger partial charge in [-0.25, -0.2) is 9.97 Å². The Bertz CT molecular complexity index is 1140. The van der Waals surface area contributed by atoms with Gasteiger partial charge < -0.3 is 10.4 Å². The molecule has 0 aliphatic heterocycles.